The SMILES string of the molecule is N#Cc1ccc2cc1Oc1cccc(c1)-c1ccccc1N1CC[C@H](NCc3cncn3C2)C1=O. The van der Waals surface area contributed by atoms with Gasteiger partial charge in [0.15, 0.2) is 0 Å². The van der Waals surface area contributed by atoms with Gasteiger partial charge in [-0.15, -0.1) is 0 Å². The summed E-state index contributed by atoms with van der Waals surface area (Å²) in [6, 6.07) is 23.3. The molecule has 6 rings (SSSR count). The zero-order chi connectivity index (χ0) is 23.8. The second-order valence-corrected chi connectivity index (χ2v) is 8.81. The van der Waals surface area contributed by atoms with Gasteiger partial charge in [-0.25, -0.2) is 4.98 Å². The van der Waals surface area contributed by atoms with Crippen molar-refractivity contribution in [3.05, 3.63) is 96.1 Å². The van der Waals surface area contributed by atoms with E-state index < -0.39 is 0 Å². The van der Waals surface area contributed by atoms with Crippen LogP contribution >= 0.6 is 0 Å². The molecule has 35 heavy (non-hydrogen) atoms. The Kier molecular flexibility index (Phi) is 5.28. The van der Waals surface area contributed by atoms with Gasteiger partial charge < -0.3 is 19.5 Å². The number of benzene rings is 3. The lowest BCUT2D eigenvalue weighted by atomic mass is 10.0. The molecule has 0 spiro atoms. The first-order chi connectivity index (χ1) is 17.2. The number of carbonyl (C=O) groups is 1. The molecule has 7 heteroatoms. The van der Waals surface area contributed by atoms with E-state index in [9.17, 15) is 10.1 Å². The minimum atomic E-state index is -0.252. The Morgan fingerprint density at radius 1 is 1.09 bits per heavy atom. The minimum Gasteiger partial charge on any atom is -0.456 e. The molecule has 1 amide bonds. The molecule has 172 valence electrons. The van der Waals surface area contributed by atoms with Crippen LogP contribution in [0.4, 0.5) is 5.69 Å². The molecule has 1 aromatic heterocycles. The number of hydrogen-bond donors (Lipinski definition) is 1. The van der Waals surface area contributed by atoms with Gasteiger partial charge in [0.05, 0.1) is 29.3 Å². The first-order valence-corrected chi connectivity index (χ1v) is 11.6. The lowest BCUT2D eigenvalue weighted by molar-refractivity contribution is -0.118. The standard InChI is InChI=1S/C28H23N5O2/c29-14-21-9-8-19-12-27(21)35-23-5-3-4-20(13-23)24-6-1-2-7-26(24)33-11-10-25(28(33)34)31-16-22-15-30-18-32(22)17-19/h1-9,12-13,15,18,25,31H,10-11,16-17H2/t25-/m0/s1. The Labute approximate surface area is 203 Å². The van der Waals surface area contributed by atoms with Crippen molar-refractivity contribution in [1.29, 1.82) is 5.26 Å². The van der Waals surface area contributed by atoms with Crippen LogP contribution in [0.1, 0.15) is 23.2 Å². The van der Waals surface area contributed by atoms with Crippen molar-refractivity contribution in [1.82, 2.24) is 14.9 Å². The number of imidazole rings is 1. The molecule has 1 fully saturated rings. The molecule has 0 radical (unpaired) electrons. The van der Waals surface area contributed by atoms with E-state index in [1.807, 2.05) is 76.3 Å². The molecule has 0 aliphatic carbocycles. The highest BCUT2D eigenvalue weighted by molar-refractivity contribution is 6.02. The molecule has 1 atom stereocenters. The molecule has 3 aromatic carbocycles. The Hall–Kier alpha value is -4.41. The van der Waals surface area contributed by atoms with E-state index in [-0.39, 0.29) is 11.9 Å². The molecule has 1 saturated heterocycles. The third-order valence-corrected chi connectivity index (χ3v) is 6.62. The quantitative estimate of drug-likeness (QED) is 0.418. The number of hydrogen-bond acceptors (Lipinski definition) is 5. The fourth-order valence-corrected chi connectivity index (χ4v) is 4.82. The van der Waals surface area contributed by atoms with Crippen molar-refractivity contribution in [3.63, 3.8) is 0 Å². The fraction of sp³-hybridized carbons (Fsp3) is 0.179. The zero-order valence-electron chi connectivity index (χ0n) is 19.0. The van der Waals surface area contributed by atoms with Crippen molar-refractivity contribution in [2.75, 3.05) is 11.4 Å². The monoisotopic (exact) mass is 461 g/mol. The van der Waals surface area contributed by atoms with Gasteiger partial charge in [0, 0.05) is 31.4 Å². The van der Waals surface area contributed by atoms with Crippen LogP contribution in [-0.2, 0) is 17.9 Å². The van der Waals surface area contributed by atoms with E-state index in [0.29, 0.717) is 36.7 Å². The molecular formula is C28H23N5O2. The normalized spacial score (nSPS) is 17.1. The predicted octanol–water partition coefficient (Wildman–Crippen LogP) is 4.47. The van der Waals surface area contributed by atoms with Crippen molar-refractivity contribution in [3.8, 4) is 28.7 Å². The smallest absolute Gasteiger partial charge is 0.244 e. The third kappa shape index (κ3) is 3.94. The van der Waals surface area contributed by atoms with E-state index in [1.165, 1.54) is 0 Å². The summed E-state index contributed by atoms with van der Waals surface area (Å²) in [5.74, 6) is 1.22. The molecule has 6 bridgehead atoms. The first kappa shape index (κ1) is 21.1. The number of nitrogens with zero attached hydrogens (tertiary/aromatic N) is 4. The lowest BCUT2D eigenvalue weighted by Crippen LogP contribution is -2.38. The number of amides is 1. The van der Waals surface area contributed by atoms with Gasteiger partial charge in [-0.3, -0.25) is 4.79 Å². The van der Waals surface area contributed by atoms with E-state index in [2.05, 4.69) is 16.4 Å². The van der Waals surface area contributed by atoms with Gasteiger partial charge in [0.2, 0.25) is 5.91 Å². The third-order valence-electron chi connectivity index (χ3n) is 6.62. The predicted molar refractivity (Wildman–Crippen MR) is 132 cm³/mol. The van der Waals surface area contributed by atoms with Crippen molar-refractivity contribution >= 4 is 11.6 Å². The molecule has 2 aliphatic heterocycles. The minimum absolute atomic E-state index is 0.0746. The maximum absolute atomic E-state index is 13.4. The van der Waals surface area contributed by atoms with Crippen LogP contribution in [0.2, 0.25) is 0 Å². The van der Waals surface area contributed by atoms with Crippen molar-refractivity contribution in [2.45, 2.75) is 25.6 Å². The largest absolute Gasteiger partial charge is 0.456 e. The molecule has 2 aliphatic rings. The number of rotatable bonds is 0. The maximum atomic E-state index is 13.4. The number of nitriles is 1. The van der Waals surface area contributed by atoms with Gasteiger partial charge in [0.1, 0.15) is 17.6 Å². The molecular weight excluding hydrogens is 438 g/mol. The molecule has 4 aromatic rings. The number of fused-ring (bicyclic) bond motifs is 10. The number of carbonyl (C=O) groups excluding carboxylic acids is 1. The number of ether oxygens (including phenoxy) is 1. The van der Waals surface area contributed by atoms with E-state index in [4.69, 9.17) is 4.74 Å². The van der Waals surface area contributed by atoms with Gasteiger partial charge in [-0.05, 0) is 47.9 Å². The summed E-state index contributed by atoms with van der Waals surface area (Å²) in [6.45, 7) is 1.76. The summed E-state index contributed by atoms with van der Waals surface area (Å²) in [5.41, 5.74) is 5.24. The molecule has 3 heterocycles. The number of aromatic nitrogens is 2. The van der Waals surface area contributed by atoms with Crippen LogP contribution in [0.25, 0.3) is 11.1 Å². The van der Waals surface area contributed by atoms with E-state index >= 15 is 0 Å². The van der Waals surface area contributed by atoms with Crippen molar-refractivity contribution < 1.29 is 9.53 Å². The number of nitrogens with one attached hydrogen (secondary N) is 1. The molecule has 7 nitrogen and oxygen atoms in total. The maximum Gasteiger partial charge on any atom is 0.244 e. The average molecular weight is 462 g/mol. The Bertz CT molecular complexity index is 1470. The van der Waals surface area contributed by atoms with Crippen LogP contribution in [0.5, 0.6) is 11.5 Å². The van der Waals surface area contributed by atoms with Crippen molar-refractivity contribution in [2.24, 2.45) is 0 Å². The topological polar surface area (TPSA) is 83.2 Å². The van der Waals surface area contributed by atoms with Gasteiger partial charge >= 0.3 is 0 Å². The number of para-hydroxylation sites is 1. The van der Waals surface area contributed by atoms with E-state index in [0.717, 1.165) is 34.5 Å². The highest BCUT2D eigenvalue weighted by atomic mass is 16.5. The second kappa shape index (κ2) is 8.75. The molecule has 0 saturated carbocycles. The lowest BCUT2D eigenvalue weighted by Gasteiger charge is -2.21. The Morgan fingerprint density at radius 2 is 2.00 bits per heavy atom. The average Bonchev–Trinajstić information content (AvgIpc) is 3.48. The molecule has 0 unspecified atom stereocenters. The zero-order valence-corrected chi connectivity index (χ0v) is 19.0. The van der Waals surface area contributed by atoms with Gasteiger partial charge in [-0.1, -0.05) is 36.4 Å². The summed E-state index contributed by atoms with van der Waals surface area (Å²) < 4.78 is 8.28. The second-order valence-electron chi connectivity index (χ2n) is 8.81. The Morgan fingerprint density at radius 3 is 2.91 bits per heavy atom. The van der Waals surface area contributed by atoms with Crippen LogP contribution in [-0.4, -0.2) is 28.0 Å². The van der Waals surface area contributed by atoms with Crippen LogP contribution in [0.3, 0.4) is 0 Å². The summed E-state index contributed by atoms with van der Waals surface area (Å²) in [5, 5.41) is 13.1. The van der Waals surface area contributed by atoms with Crippen LogP contribution in [0.15, 0.2) is 79.3 Å². The highest BCUT2D eigenvalue weighted by Crippen LogP contribution is 2.36. The van der Waals surface area contributed by atoms with Crippen LogP contribution < -0.4 is 15.0 Å². The first-order valence-electron chi connectivity index (χ1n) is 11.6. The highest BCUT2D eigenvalue weighted by Gasteiger charge is 2.33. The summed E-state index contributed by atoms with van der Waals surface area (Å²) in [6.07, 6.45) is 4.34. The van der Waals surface area contributed by atoms with Gasteiger partial charge in [-0.2, -0.15) is 5.26 Å². The summed E-state index contributed by atoms with van der Waals surface area (Å²) in [7, 11) is 0. The van der Waals surface area contributed by atoms with E-state index in [1.54, 1.807) is 12.4 Å². The van der Waals surface area contributed by atoms with Gasteiger partial charge in [0.25, 0.3) is 0 Å². The fourth-order valence-electron chi connectivity index (χ4n) is 4.82. The Balaban J connectivity index is 1.48. The summed E-state index contributed by atoms with van der Waals surface area (Å²) in [4.78, 5) is 19.6. The number of anilines is 1. The summed E-state index contributed by atoms with van der Waals surface area (Å²) >= 11 is 0. The molecule has 1 N–H and O–H groups in total. The van der Waals surface area contributed by atoms with Crippen LogP contribution in [0, 0.1) is 11.3 Å².